The van der Waals surface area contributed by atoms with Gasteiger partial charge in [0.05, 0.1) is 18.8 Å². The molecule has 0 saturated carbocycles. The molecule has 0 atom stereocenters. The molecule has 0 aliphatic heterocycles. The largest absolute Gasteiger partial charge is 0.459 e. The molecular weight excluding hydrogens is 435 g/mol. The van der Waals surface area contributed by atoms with Crippen molar-refractivity contribution in [3.05, 3.63) is 42.0 Å². The molecule has 160 valence electrons. The van der Waals surface area contributed by atoms with Gasteiger partial charge in [0.2, 0.25) is 0 Å². The second kappa shape index (κ2) is 12.9. The van der Waals surface area contributed by atoms with E-state index in [1.54, 1.807) is 38.1 Å². The zero-order chi connectivity index (χ0) is 21.9. The Morgan fingerprint density at radius 3 is 2.14 bits per heavy atom. The molecule has 0 fully saturated rings. The van der Waals surface area contributed by atoms with Crippen molar-refractivity contribution in [3.8, 4) is 0 Å². The molecule has 0 spiro atoms. The number of hydrogen-bond donors (Lipinski definition) is 0. The number of rotatable bonds is 13. The van der Waals surface area contributed by atoms with Gasteiger partial charge in [0.1, 0.15) is 17.8 Å². The molecule has 0 aliphatic rings. The second-order valence-corrected chi connectivity index (χ2v) is 9.49. The third-order valence-electron chi connectivity index (χ3n) is 3.25. The number of hydrogen-bond acceptors (Lipinski definition) is 9. The molecule has 1 aromatic rings. The number of benzene rings is 1. The third kappa shape index (κ3) is 8.80. The van der Waals surface area contributed by atoms with Gasteiger partial charge in [-0.2, -0.15) is 0 Å². The molecule has 1 rings (SSSR count). The predicted octanol–water partition coefficient (Wildman–Crippen LogP) is 4.65. The van der Waals surface area contributed by atoms with E-state index in [2.05, 4.69) is 6.58 Å². The molecule has 0 N–H and O–H groups in total. The van der Waals surface area contributed by atoms with Crippen LogP contribution in [0.15, 0.2) is 41.3 Å². The number of thioether (sulfide) groups is 1. The van der Waals surface area contributed by atoms with Crippen LogP contribution in [-0.2, 0) is 27.9 Å². The van der Waals surface area contributed by atoms with Crippen LogP contribution in [0.1, 0.15) is 31.1 Å². The maximum atomic E-state index is 12.6. The molecule has 7 nitrogen and oxygen atoms in total. The summed E-state index contributed by atoms with van der Waals surface area (Å²) in [6.07, 6.45) is 0. The van der Waals surface area contributed by atoms with Crippen molar-refractivity contribution in [3.63, 3.8) is 0 Å². The van der Waals surface area contributed by atoms with Gasteiger partial charge in [0.15, 0.2) is 0 Å². The molecule has 1 aromatic carbocycles. The van der Waals surface area contributed by atoms with Gasteiger partial charge in [-0.15, -0.1) is 11.8 Å². The summed E-state index contributed by atoms with van der Waals surface area (Å²) in [4.78, 5) is 24.1. The van der Waals surface area contributed by atoms with E-state index >= 15 is 0 Å². The Labute approximate surface area is 180 Å². The first-order chi connectivity index (χ1) is 13.7. The van der Waals surface area contributed by atoms with Crippen LogP contribution in [0.5, 0.6) is 0 Å². The van der Waals surface area contributed by atoms with Crippen molar-refractivity contribution in [1.29, 1.82) is 0 Å². The molecule has 0 aromatic heterocycles. The van der Waals surface area contributed by atoms with Crippen LogP contribution < -0.4 is 0 Å². The Morgan fingerprint density at radius 2 is 1.62 bits per heavy atom. The van der Waals surface area contributed by atoms with E-state index in [9.17, 15) is 14.2 Å². The normalized spacial score (nSPS) is 11.0. The van der Waals surface area contributed by atoms with Gasteiger partial charge in [-0.05, 0) is 45.0 Å². The van der Waals surface area contributed by atoms with Crippen molar-refractivity contribution < 1.29 is 32.7 Å². The molecule has 0 radical (unpaired) electrons. The molecule has 0 bridgehead atoms. The summed E-state index contributed by atoms with van der Waals surface area (Å²) >= 11 is 6.59. The zero-order valence-corrected chi connectivity index (χ0v) is 19.2. The fraction of sp³-hybridized carbons (Fsp3) is 0.421. The zero-order valence-electron chi connectivity index (χ0n) is 16.7. The van der Waals surface area contributed by atoms with Crippen LogP contribution in [0.25, 0.3) is 0 Å². The van der Waals surface area contributed by atoms with Gasteiger partial charge in [-0.25, -0.2) is 9.59 Å². The lowest BCUT2D eigenvalue weighted by Gasteiger charge is -2.17. The summed E-state index contributed by atoms with van der Waals surface area (Å²) < 4.78 is 33.2. The van der Waals surface area contributed by atoms with Crippen molar-refractivity contribution in [2.75, 3.05) is 32.2 Å². The van der Waals surface area contributed by atoms with Gasteiger partial charge < -0.3 is 18.5 Å². The van der Waals surface area contributed by atoms with Crippen molar-refractivity contribution in [2.24, 2.45) is 0 Å². The van der Waals surface area contributed by atoms with Gasteiger partial charge in [0.25, 0.3) is 0 Å². The summed E-state index contributed by atoms with van der Waals surface area (Å²) in [5.74, 6) is -0.774. The quantitative estimate of drug-likeness (QED) is 0.104. The highest BCUT2D eigenvalue weighted by atomic mass is 32.2. The van der Waals surface area contributed by atoms with E-state index in [0.29, 0.717) is 5.56 Å². The van der Waals surface area contributed by atoms with Crippen molar-refractivity contribution >= 4 is 48.1 Å². The predicted molar refractivity (Wildman–Crippen MR) is 117 cm³/mol. The van der Waals surface area contributed by atoms with Crippen molar-refractivity contribution in [2.45, 2.75) is 25.7 Å². The first-order valence-corrected chi connectivity index (χ1v) is 11.8. The van der Waals surface area contributed by atoms with Crippen LogP contribution in [0.3, 0.4) is 0 Å². The third-order valence-corrected chi connectivity index (χ3v) is 7.47. The Balaban J connectivity index is 2.51. The lowest BCUT2D eigenvalue weighted by molar-refractivity contribution is -0.140. The molecular formula is C19H25O7PS2. The summed E-state index contributed by atoms with van der Waals surface area (Å²) in [6.45, 7) is 8.84. The van der Waals surface area contributed by atoms with Crippen LogP contribution in [0.4, 0.5) is 0 Å². The Bertz CT molecular complexity index is 767. The minimum atomic E-state index is -3.41. The van der Waals surface area contributed by atoms with E-state index in [1.807, 2.05) is 0 Å². The van der Waals surface area contributed by atoms with E-state index in [0.717, 1.165) is 4.90 Å². The SMILES string of the molecule is C=C(C)C(=O)OCCOC(=O)c1ccc(SCC(=S)P(=O)(OCC)OCC)cc1. The Hall–Kier alpha value is -1.51. The number of thiocarbonyl (C=S) groups is 1. The highest BCUT2D eigenvalue weighted by Gasteiger charge is 2.29. The van der Waals surface area contributed by atoms with Gasteiger partial charge >= 0.3 is 19.5 Å². The van der Waals surface area contributed by atoms with E-state index in [-0.39, 0.29) is 42.4 Å². The molecule has 0 unspecified atom stereocenters. The highest BCUT2D eigenvalue weighted by Crippen LogP contribution is 2.50. The summed E-state index contributed by atoms with van der Waals surface area (Å²) in [7, 11) is -3.41. The molecule has 10 heteroatoms. The summed E-state index contributed by atoms with van der Waals surface area (Å²) in [5, 5.41) is 0. The standard InChI is InChI=1S/C19H25O7PS2/c1-5-25-27(22,26-6-2)17(28)13-29-16-9-7-15(8-10-16)19(21)24-12-11-23-18(20)14(3)4/h7-10H,3,5-6,11-13H2,1-2,4H3. The van der Waals surface area contributed by atoms with Crippen LogP contribution >= 0.6 is 31.6 Å². The average molecular weight is 461 g/mol. The van der Waals surface area contributed by atoms with Gasteiger partial charge in [-0.3, -0.25) is 4.57 Å². The summed E-state index contributed by atoms with van der Waals surface area (Å²) in [6, 6.07) is 6.69. The Morgan fingerprint density at radius 1 is 1.07 bits per heavy atom. The summed E-state index contributed by atoms with van der Waals surface area (Å²) in [5.41, 5.74) is 0.639. The van der Waals surface area contributed by atoms with Crippen LogP contribution in [0.2, 0.25) is 0 Å². The monoisotopic (exact) mass is 460 g/mol. The molecule has 0 amide bonds. The van der Waals surface area contributed by atoms with E-state index < -0.39 is 19.5 Å². The fourth-order valence-electron chi connectivity index (χ4n) is 1.91. The average Bonchev–Trinajstić information content (AvgIpc) is 2.69. The van der Waals surface area contributed by atoms with E-state index in [1.165, 1.54) is 18.7 Å². The molecule has 0 heterocycles. The fourth-order valence-corrected chi connectivity index (χ4v) is 4.89. The van der Waals surface area contributed by atoms with Gasteiger partial charge in [0, 0.05) is 16.2 Å². The van der Waals surface area contributed by atoms with Crippen molar-refractivity contribution in [1.82, 2.24) is 0 Å². The maximum absolute atomic E-state index is 12.6. The minimum absolute atomic E-state index is 0.0392. The van der Waals surface area contributed by atoms with Crippen LogP contribution in [0, 0.1) is 0 Å². The van der Waals surface area contributed by atoms with Crippen LogP contribution in [-0.4, -0.2) is 48.7 Å². The molecule has 0 saturated heterocycles. The van der Waals surface area contributed by atoms with E-state index in [4.69, 9.17) is 30.7 Å². The lowest BCUT2D eigenvalue weighted by Crippen LogP contribution is -2.14. The maximum Gasteiger partial charge on any atom is 0.368 e. The minimum Gasteiger partial charge on any atom is -0.459 e. The number of carbonyl (C=O) groups is 2. The first-order valence-electron chi connectivity index (χ1n) is 8.88. The number of esters is 2. The lowest BCUT2D eigenvalue weighted by atomic mass is 10.2. The highest BCUT2D eigenvalue weighted by molar-refractivity contribution is 8.06. The molecule has 0 aliphatic carbocycles. The topological polar surface area (TPSA) is 88.1 Å². The molecule has 29 heavy (non-hydrogen) atoms. The second-order valence-electron chi connectivity index (χ2n) is 5.59. The number of carbonyl (C=O) groups excluding carboxylic acids is 2. The number of ether oxygens (including phenoxy) is 2. The first kappa shape index (κ1) is 25.5. The smallest absolute Gasteiger partial charge is 0.368 e. The Kier molecular flexibility index (Phi) is 11.4. The van der Waals surface area contributed by atoms with Gasteiger partial charge in [-0.1, -0.05) is 18.8 Å².